The van der Waals surface area contributed by atoms with Crippen LogP contribution in [0.3, 0.4) is 0 Å². The molecule has 2 fully saturated rings. The summed E-state index contributed by atoms with van der Waals surface area (Å²) in [6.07, 6.45) is 3.37. The Balaban J connectivity index is 1.79. The molecule has 3 rings (SSSR count). The van der Waals surface area contributed by atoms with Crippen LogP contribution in [-0.4, -0.2) is 30.9 Å². The molecular weight excluding hydrogens is 254 g/mol. The van der Waals surface area contributed by atoms with Gasteiger partial charge in [-0.05, 0) is 37.9 Å². The Morgan fingerprint density at radius 2 is 2.15 bits per heavy atom. The lowest BCUT2D eigenvalue weighted by molar-refractivity contribution is -0.118. The van der Waals surface area contributed by atoms with Crippen LogP contribution < -0.4 is 15.5 Å². The highest BCUT2D eigenvalue weighted by molar-refractivity contribution is 6.03. The van der Waals surface area contributed by atoms with Gasteiger partial charge in [-0.25, -0.2) is 0 Å². The standard InChI is InChI=1S/C15H19N3O2/c19-14-8-4-10-18(14)13-7-2-1-5-11(13)17-15(20)12-6-3-9-16-12/h1-2,5,7,12,16H,3-4,6,8-10H2,(H,17,20)/t12-/m0/s1. The summed E-state index contributed by atoms with van der Waals surface area (Å²) >= 11 is 0. The van der Waals surface area contributed by atoms with E-state index in [0.29, 0.717) is 6.42 Å². The Morgan fingerprint density at radius 3 is 2.85 bits per heavy atom. The molecule has 1 aromatic rings. The molecule has 0 bridgehead atoms. The number of hydrogen-bond acceptors (Lipinski definition) is 3. The average Bonchev–Trinajstić information content (AvgIpc) is 3.10. The molecule has 2 aliphatic rings. The van der Waals surface area contributed by atoms with E-state index in [2.05, 4.69) is 10.6 Å². The van der Waals surface area contributed by atoms with E-state index in [1.165, 1.54) is 0 Å². The first-order valence-corrected chi connectivity index (χ1v) is 7.19. The van der Waals surface area contributed by atoms with Gasteiger partial charge in [0.15, 0.2) is 0 Å². The molecule has 0 radical (unpaired) electrons. The van der Waals surface area contributed by atoms with Gasteiger partial charge in [0.05, 0.1) is 17.4 Å². The molecule has 2 saturated heterocycles. The number of amides is 2. The van der Waals surface area contributed by atoms with Gasteiger partial charge in [-0.1, -0.05) is 12.1 Å². The second-order valence-corrected chi connectivity index (χ2v) is 5.30. The lowest BCUT2D eigenvalue weighted by atomic mass is 10.2. The van der Waals surface area contributed by atoms with Crippen molar-refractivity contribution in [1.82, 2.24) is 5.32 Å². The maximum absolute atomic E-state index is 12.2. The van der Waals surface area contributed by atoms with E-state index >= 15 is 0 Å². The molecule has 1 atom stereocenters. The van der Waals surface area contributed by atoms with Crippen LogP contribution in [-0.2, 0) is 9.59 Å². The number of hydrogen-bond donors (Lipinski definition) is 2. The molecule has 0 saturated carbocycles. The second-order valence-electron chi connectivity index (χ2n) is 5.30. The molecular formula is C15H19N3O2. The first-order chi connectivity index (χ1) is 9.75. The number of carbonyl (C=O) groups is 2. The van der Waals surface area contributed by atoms with Gasteiger partial charge in [0.2, 0.25) is 11.8 Å². The van der Waals surface area contributed by atoms with Crippen LogP contribution in [0.1, 0.15) is 25.7 Å². The Labute approximate surface area is 118 Å². The molecule has 2 aliphatic heterocycles. The lowest BCUT2D eigenvalue weighted by Crippen LogP contribution is -2.36. The zero-order chi connectivity index (χ0) is 13.9. The van der Waals surface area contributed by atoms with Gasteiger partial charge >= 0.3 is 0 Å². The topological polar surface area (TPSA) is 61.4 Å². The summed E-state index contributed by atoms with van der Waals surface area (Å²) in [7, 11) is 0. The monoisotopic (exact) mass is 273 g/mol. The van der Waals surface area contributed by atoms with Crippen molar-refractivity contribution in [2.45, 2.75) is 31.7 Å². The fraction of sp³-hybridized carbons (Fsp3) is 0.467. The molecule has 0 unspecified atom stereocenters. The summed E-state index contributed by atoms with van der Waals surface area (Å²) < 4.78 is 0. The molecule has 2 heterocycles. The highest BCUT2D eigenvalue weighted by Crippen LogP contribution is 2.29. The van der Waals surface area contributed by atoms with Crippen LogP contribution in [0.2, 0.25) is 0 Å². The summed E-state index contributed by atoms with van der Waals surface area (Å²) in [5, 5.41) is 6.14. The van der Waals surface area contributed by atoms with Gasteiger partial charge in [0.1, 0.15) is 0 Å². The fourth-order valence-electron chi connectivity index (χ4n) is 2.85. The number of nitrogens with one attached hydrogen (secondary N) is 2. The normalized spacial score (nSPS) is 22.3. The number of carbonyl (C=O) groups excluding carboxylic acids is 2. The van der Waals surface area contributed by atoms with E-state index in [1.54, 1.807) is 4.90 Å². The van der Waals surface area contributed by atoms with Crippen LogP contribution >= 0.6 is 0 Å². The van der Waals surface area contributed by atoms with Crippen molar-refractivity contribution < 1.29 is 9.59 Å². The zero-order valence-corrected chi connectivity index (χ0v) is 11.4. The van der Waals surface area contributed by atoms with Gasteiger partial charge in [-0.3, -0.25) is 9.59 Å². The molecule has 5 nitrogen and oxygen atoms in total. The van der Waals surface area contributed by atoms with Gasteiger partial charge in [-0.15, -0.1) is 0 Å². The van der Waals surface area contributed by atoms with Gasteiger partial charge in [-0.2, -0.15) is 0 Å². The number of nitrogens with zero attached hydrogens (tertiary/aromatic N) is 1. The van der Waals surface area contributed by atoms with Crippen LogP contribution in [0.25, 0.3) is 0 Å². The Morgan fingerprint density at radius 1 is 1.30 bits per heavy atom. The molecule has 106 valence electrons. The van der Waals surface area contributed by atoms with Crippen LogP contribution in [0.15, 0.2) is 24.3 Å². The Bertz CT molecular complexity index is 524. The first kappa shape index (κ1) is 13.1. The predicted molar refractivity (Wildman–Crippen MR) is 77.7 cm³/mol. The van der Waals surface area contributed by atoms with Crippen LogP contribution in [0, 0.1) is 0 Å². The third kappa shape index (κ3) is 2.54. The predicted octanol–water partition coefficient (Wildman–Crippen LogP) is 1.50. The largest absolute Gasteiger partial charge is 0.323 e. The highest BCUT2D eigenvalue weighted by atomic mass is 16.2. The van der Waals surface area contributed by atoms with Crippen molar-refractivity contribution in [2.75, 3.05) is 23.3 Å². The Hall–Kier alpha value is -1.88. The summed E-state index contributed by atoms with van der Waals surface area (Å²) in [4.78, 5) is 25.8. The van der Waals surface area contributed by atoms with Crippen molar-refractivity contribution in [3.8, 4) is 0 Å². The maximum Gasteiger partial charge on any atom is 0.241 e. The number of para-hydroxylation sites is 2. The van der Waals surface area contributed by atoms with E-state index in [1.807, 2.05) is 24.3 Å². The van der Waals surface area contributed by atoms with E-state index in [-0.39, 0.29) is 17.9 Å². The van der Waals surface area contributed by atoms with Gasteiger partial charge in [0.25, 0.3) is 0 Å². The minimum atomic E-state index is -0.114. The fourth-order valence-corrected chi connectivity index (χ4v) is 2.85. The quantitative estimate of drug-likeness (QED) is 0.877. The minimum absolute atomic E-state index is 0.0124. The molecule has 0 aliphatic carbocycles. The first-order valence-electron chi connectivity index (χ1n) is 7.19. The maximum atomic E-state index is 12.2. The number of benzene rings is 1. The van der Waals surface area contributed by atoms with Gasteiger partial charge < -0.3 is 15.5 Å². The van der Waals surface area contributed by atoms with Gasteiger partial charge in [0, 0.05) is 13.0 Å². The van der Waals surface area contributed by atoms with Crippen molar-refractivity contribution in [3.63, 3.8) is 0 Å². The summed E-state index contributed by atoms with van der Waals surface area (Å²) in [5.74, 6) is 0.118. The zero-order valence-electron chi connectivity index (χ0n) is 11.4. The van der Waals surface area contributed by atoms with Crippen molar-refractivity contribution in [3.05, 3.63) is 24.3 Å². The molecule has 0 spiro atoms. The van der Waals surface area contributed by atoms with Crippen molar-refractivity contribution in [1.29, 1.82) is 0 Å². The number of anilines is 2. The van der Waals surface area contributed by atoms with E-state index in [0.717, 1.165) is 43.7 Å². The van der Waals surface area contributed by atoms with E-state index in [4.69, 9.17) is 0 Å². The SMILES string of the molecule is O=C(Nc1ccccc1N1CCCC1=O)[C@@H]1CCCN1. The molecule has 2 N–H and O–H groups in total. The van der Waals surface area contributed by atoms with Crippen LogP contribution in [0.5, 0.6) is 0 Å². The van der Waals surface area contributed by atoms with Crippen LogP contribution in [0.4, 0.5) is 11.4 Å². The smallest absolute Gasteiger partial charge is 0.241 e. The van der Waals surface area contributed by atoms with Crippen molar-refractivity contribution in [2.24, 2.45) is 0 Å². The molecule has 1 aromatic carbocycles. The number of rotatable bonds is 3. The van der Waals surface area contributed by atoms with E-state index in [9.17, 15) is 9.59 Å². The second kappa shape index (κ2) is 5.63. The third-order valence-electron chi connectivity index (χ3n) is 3.90. The summed E-state index contributed by atoms with van der Waals surface area (Å²) in [5.41, 5.74) is 1.53. The van der Waals surface area contributed by atoms with Crippen molar-refractivity contribution >= 4 is 23.2 Å². The highest BCUT2D eigenvalue weighted by Gasteiger charge is 2.26. The lowest BCUT2D eigenvalue weighted by Gasteiger charge is -2.21. The molecule has 5 heteroatoms. The Kier molecular flexibility index (Phi) is 3.69. The molecule has 0 aromatic heterocycles. The average molecular weight is 273 g/mol. The summed E-state index contributed by atoms with van der Waals surface area (Å²) in [6.45, 7) is 1.62. The molecule has 20 heavy (non-hydrogen) atoms. The molecule has 2 amide bonds. The third-order valence-corrected chi connectivity index (χ3v) is 3.90. The minimum Gasteiger partial charge on any atom is -0.323 e. The van der Waals surface area contributed by atoms with E-state index < -0.39 is 0 Å². The summed E-state index contributed by atoms with van der Waals surface area (Å²) in [6, 6.07) is 7.40.